The van der Waals surface area contributed by atoms with Gasteiger partial charge < -0.3 is 20.1 Å². The molecule has 4 heteroatoms. The van der Waals surface area contributed by atoms with Gasteiger partial charge >= 0.3 is 0 Å². The predicted molar refractivity (Wildman–Crippen MR) is 142 cm³/mol. The first-order valence-corrected chi connectivity index (χ1v) is 14.5. The molecule has 0 bridgehead atoms. The van der Waals surface area contributed by atoms with Crippen molar-refractivity contribution >= 4 is 0 Å². The van der Waals surface area contributed by atoms with Crippen molar-refractivity contribution < 1.29 is 20.1 Å². The van der Waals surface area contributed by atoms with Crippen molar-refractivity contribution in [3.05, 3.63) is 23.3 Å². The van der Waals surface area contributed by atoms with Crippen LogP contribution in [0.2, 0.25) is 0 Å². The van der Waals surface area contributed by atoms with E-state index < -0.39 is 17.8 Å². The number of ether oxygens (including phenoxy) is 1. The highest BCUT2D eigenvalue weighted by Gasteiger charge is 2.61. The maximum atomic E-state index is 12.3. The second kappa shape index (κ2) is 10.2. The molecule has 0 aromatic carbocycles. The highest BCUT2D eigenvalue weighted by atomic mass is 16.5. The Labute approximate surface area is 214 Å². The van der Waals surface area contributed by atoms with E-state index in [1.807, 2.05) is 0 Å². The van der Waals surface area contributed by atoms with Crippen LogP contribution in [0.3, 0.4) is 0 Å². The van der Waals surface area contributed by atoms with Crippen molar-refractivity contribution in [2.24, 2.45) is 40.4 Å². The summed E-state index contributed by atoms with van der Waals surface area (Å²) in [5, 5.41) is 32.3. The van der Waals surface area contributed by atoms with E-state index in [0.29, 0.717) is 36.2 Å². The molecule has 0 aromatic heterocycles. The van der Waals surface area contributed by atoms with E-state index in [9.17, 15) is 10.2 Å². The standard InChI is InChI=1S/C31H52O4/c1-20(9-7-15-29(3,4)5)24-12-13-25-23-11-10-22-19-27(33)28(35-18-8-17-32)21(2)31(22,34)26(23)14-16-30(24,25)6/h10-11,20-21,24-28,32-34H,7-9,12-19H2,1-6H3/t20-,21-,24-,25?,26-,27-,28+,30-,31+/m1/s1. The Kier molecular flexibility index (Phi) is 8.00. The van der Waals surface area contributed by atoms with Gasteiger partial charge in [-0.15, -0.1) is 0 Å². The monoisotopic (exact) mass is 488 g/mol. The summed E-state index contributed by atoms with van der Waals surface area (Å²) in [4.78, 5) is 0. The van der Waals surface area contributed by atoms with Gasteiger partial charge in [0.2, 0.25) is 0 Å². The molecule has 0 amide bonds. The van der Waals surface area contributed by atoms with Crippen LogP contribution in [0.1, 0.15) is 99.3 Å². The average Bonchev–Trinajstić information content (AvgIpc) is 3.14. The Hall–Kier alpha value is -0.680. The lowest BCUT2D eigenvalue weighted by molar-refractivity contribution is -0.160. The molecule has 0 spiro atoms. The number of hydrogen-bond acceptors (Lipinski definition) is 4. The highest BCUT2D eigenvalue weighted by molar-refractivity contribution is 5.42. The van der Waals surface area contributed by atoms with Crippen LogP contribution in [0.5, 0.6) is 0 Å². The minimum absolute atomic E-state index is 0.0815. The molecule has 4 nitrogen and oxygen atoms in total. The number of fused-ring (bicyclic) bond motifs is 5. The van der Waals surface area contributed by atoms with Crippen LogP contribution in [-0.2, 0) is 4.74 Å². The van der Waals surface area contributed by atoms with Gasteiger partial charge in [0.05, 0.1) is 17.8 Å². The SMILES string of the molecule is C[C@H](CCCC(C)(C)C)[C@H]1CCC2C3=CC=C4C[C@@H](O)[C@@H](OCCCO)[C@@H](C)[C@@]4(O)[C@@H]3CC[C@@]21C. The summed E-state index contributed by atoms with van der Waals surface area (Å²) >= 11 is 0. The summed E-state index contributed by atoms with van der Waals surface area (Å²) < 4.78 is 6.04. The van der Waals surface area contributed by atoms with Crippen LogP contribution in [0.25, 0.3) is 0 Å². The zero-order chi connectivity index (χ0) is 25.6. The summed E-state index contributed by atoms with van der Waals surface area (Å²) in [6, 6.07) is 0. The van der Waals surface area contributed by atoms with Gasteiger partial charge in [-0.05, 0) is 79.1 Å². The fourth-order valence-corrected chi connectivity index (χ4v) is 8.69. The Morgan fingerprint density at radius 2 is 1.86 bits per heavy atom. The van der Waals surface area contributed by atoms with E-state index in [1.165, 1.54) is 44.1 Å². The van der Waals surface area contributed by atoms with Crippen LogP contribution in [0.15, 0.2) is 23.3 Å². The Bertz CT molecular complexity index is 809. The van der Waals surface area contributed by atoms with Gasteiger partial charge in [-0.3, -0.25) is 0 Å². The van der Waals surface area contributed by atoms with E-state index in [-0.39, 0.29) is 18.4 Å². The van der Waals surface area contributed by atoms with Gasteiger partial charge in [-0.25, -0.2) is 0 Å². The smallest absolute Gasteiger partial charge is 0.0977 e. The number of hydrogen-bond donors (Lipinski definition) is 3. The Morgan fingerprint density at radius 1 is 1.11 bits per heavy atom. The summed E-state index contributed by atoms with van der Waals surface area (Å²) in [6.45, 7) is 14.6. The third-order valence-corrected chi connectivity index (χ3v) is 10.6. The molecule has 4 aliphatic carbocycles. The topological polar surface area (TPSA) is 69.9 Å². The average molecular weight is 489 g/mol. The van der Waals surface area contributed by atoms with Gasteiger partial charge in [0, 0.05) is 25.0 Å². The fraction of sp³-hybridized carbons (Fsp3) is 0.871. The minimum atomic E-state index is -0.940. The van der Waals surface area contributed by atoms with E-state index in [0.717, 1.165) is 23.8 Å². The lowest BCUT2D eigenvalue weighted by atomic mass is 9.51. The molecule has 4 rings (SSSR count). The molecule has 9 atom stereocenters. The van der Waals surface area contributed by atoms with E-state index in [2.05, 4.69) is 53.7 Å². The first-order chi connectivity index (χ1) is 16.4. The van der Waals surface area contributed by atoms with Crippen molar-refractivity contribution in [1.29, 1.82) is 0 Å². The molecule has 200 valence electrons. The van der Waals surface area contributed by atoms with Crippen molar-refractivity contribution in [2.45, 2.75) is 117 Å². The molecule has 1 unspecified atom stereocenters. The third kappa shape index (κ3) is 4.94. The molecule has 35 heavy (non-hydrogen) atoms. The largest absolute Gasteiger partial charge is 0.396 e. The number of rotatable bonds is 8. The fourth-order valence-electron chi connectivity index (χ4n) is 8.69. The summed E-state index contributed by atoms with van der Waals surface area (Å²) in [7, 11) is 0. The Balaban J connectivity index is 1.52. The van der Waals surface area contributed by atoms with Crippen LogP contribution >= 0.6 is 0 Å². The molecule has 0 saturated heterocycles. The maximum Gasteiger partial charge on any atom is 0.0977 e. The molecule has 0 heterocycles. The number of aliphatic hydroxyl groups excluding tert-OH is 2. The van der Waals surface area contributed by atoms with Crippen LogP contribution in [0, 0.1) is 40.4 Å². The van der Waals surface area contributed by atoms with Gasteiger partial charge in [0.1, 0.15) is 0 Å². The molecule has 3 fully saturated rings. The van der Waals surface area contributed by atoms with Crippen molar-refractivity contribution in [3.63, 3.8) is 0 Å². The summed E-state index contributed by atoms with van der Waals surface area (Å²) in [5.41, 5.74) is 2.24. The normalized spacial score (nSPS) is 42.0. The minimum Gasteiger partial charge on any atom is -0.396 e. The second-order valence-electron chi connectivity index (χ2n) is 13.9. The third-order valence-electron chi connectivity index (χ3n) is 10.6. The molecule has 3 saturated carbocycles. The molecular formula is C31H52O4. The number of allylic oxidation sites excluding steroid dienone is 2. The van der Waals surface area contributed by atoms with Crippen molar-refractivity contribution in [1.82, 2.24) is 0 Å². The van der Waals surface area contributed by atoms with Gasteiger partial charge in [-0.2, -0.15) is 0 Å². The van der Waals surface area contributed by atoms with Crippen LogP contribution in [-0.4, -0.2) is 46.3 Å². The van der Waals surface area contributed by atoms with Crippen molar-refractivity contribution in [3.8, 4) is 0 Å². The van der Waals surface area contributed by atoms with Crippen LogP contribution in [0.4, 0.5) is 0 Å². The van der Waals surface area contributed by atoms with Gasteiger partial charge in [-0.1, -0.05) is 72.1 Å². The van der Waals surface area contributed by atoms with E-state index in [4.69, 9.17) is 9.84 Å². The van der Waals surface area contributed by atoms with E-state index in [1.54, 1.807) is 0 Å². The molecule has 0 aliphatic heterocycles. The van der Waals surface area contributed by atoms with Crippen molar-refractivity contribution in [2.75, 3.05) is 13.2 Å². The zero-order valence-corrected chi connectivity index (χ0v) is 23.2. The lowest BCUT2D eigenvalue weighted by Gasteiger charge is -2.57. The Morgan fingerprint density at radius 3 is 2.54 bits per heavy atom. The quantitative estimate of drug-likeness (QED) is 0.364. The highest BCUT2D eigenvalue weighted by Crippen LogP contribution is 2.65. The summed E-state index contributed by atoms with van der Waals surface area (Å²) in [6.07, 6.45) is 13.2. The van der Waals surface area contributed by atoms with Crippen LogP contribution < -0.4 is 0 Å². The molecule has 4 aliphatic rings. The van der Waals surface area contributed by atoms with E-state index >= 15 is 0 Å². The lowest BCUT2D eigenvalue weighted by Crippen LogP contribution is -2.61. The van der Waals surface area contributed by atoms with Gasteiger partial charge in [0.25, 0.3) is 0 Å². The summed E-state index contributed by atoms with van der Waals surface area (Å²) in [5.74, 6) is 2.00. The zero-order valence-electron chi connectivity index (χ0n) is 23.2. The predicted octanol–water partition coefficient (Wildman–Crippen LogP) is 6.05. The first kappa shape index (κ1) is 27.4. The molecule has 0 aromatic rings. The molecule has 0 radical (unpaired) electrons. The van der Waals surface area contributed by atoms with Gasteiger partial charge in [0.15, 0.2) is 0 Å². The number of aliphatic hydroxyl groups is 3. The second-order valence-corrected chi connectivity index (χ2v) is 13.9. The maximum absolute atomic E-state index is 12.3. The first-order valence-electron chi connectivity index (χ1n) is 14.5. The molecule has 3 N–H and O–H groups in total. The molecular weight excluding hydrogens is 436 g/mol.